The van der Waals surface area contributed by atoms with Crippen LogP contribution in [-0.2, 0) is 14.3 Å². The third kappa shape index (κ3) is 28.0. The molecule has 0 aromatic heterocycles. The van der Waals surface area contributed by atoms with Crippen LogP contribution in [0, 0.1) is 0 Å². The molecule has 0 aliphatic carbocycles. The lowest BCUT2D eigenvalue weighted by Crippen LogP contribution is -2.60. The molecule has 8 N–H and O–H groups in total. The van der Waals surface area contributed by atoms with E-state index >= 15 is 0 Å². The third-order valence-electron chi connectivity index (χ3n) is 11.7. The van der Waals surface area contributed by atoms with Crippen LogP contribution in [0.25, 0.3) is 0 Å². The zero-order valence-corrected chi connectivity index (χ0v) is 37.5. The van der Waals surface area contributed by atoms with Gasteiger partial charge in [0.1, 0.15) is 36.6 Å². The first kappa shape index (κ1) is 55.6. The highest BCUT2D eigenvalue weighted by Crippen LogP contribution is 2.23. The molecule has 1 aliphatic heterocycles. The Bertz CT molecular complexity index is 1010. The summed E-state index contributed by atoms with van der Waals surface area (Å²) < 4.78 is 11.1. The van der Waals surface area contributed by atoms with Crippen molar-refractivity contribution in [1.29, 1.82) is 0 Å². The van der Waals surface area contributed by atoms with Crippen LogP contribution in [0.3, 0.4) is 0 Å². The molecule has 1 heterocycles. The maximum absolute atomic E-state index is 13.1. The highest BCUT2D eigenvalue weighted by atomic mass is 16.7. The largest absolute Gasteiger partial charge is 0.394 e. The van der Waals surface area contributed by atoms with Gasteiger partial charge in [-0.25, -0.2) is 0 Å². The van der Waals surface area contributed by atoms with Crippen LogP contribution in [0.4, 0.5) is 0 Å². The van der Waals surface area contributed by atoms with E-state index in [4.69, 9.17) is 9.47 Å². The molecule has 11 nitrogen and oxygen atoms in total. The molecule has 0 bridgehead atoms. The second kappa shape index (κ2) is 38.3. The van der Waals surface area contributed by atoms with Gasteiger partial charge in [0.2, 0.25) is 5.91 Å². The Kier molecular flexibility index (Phi) is 36.1. The number of carbonyl (C=O) groups is 1. The average Bonchev–Trinajstić information content (AvgIpc) is 3.23. The Morgan fingerprint density at radius 3 is 1.44 bits per heavy atom. The fourth-order valence-corrected chi connectivity index (χ4v) is 7.66. The van der Waals surface area contributed by atoms with E-state index in [0.29, 0.717) is 19.3 Å². The second-order valence-corrected chi connectivity index (χ2v) is 17.2. The number of ether oxygens (including phenoxy) is 2. The van der Waals surface area contributed by atoms with Crippen LogP contribution in [-0.4, -0.2) is 110 Å². The number of rotatable bonds is 40. The first-order valence-electron chi connectivity index (χ1n) is 24.2. The van der Waals surface area contributed by atoms with Gasteiger partial charge in [-0.3, -0.25) is 4.79 Å². The highest BCUT2D eigenvalue weighted by molar-refractivity contribution is 5.80. The second-order valence-electron chi connectivity index (χ2n) is 17.2. The SMILES string of the molecule is CCCCCCC=CCCCCCCCCCCCCC(O)C(=O)NC(COC1OC(CO)C(O)C(O)C1O)C(O)C(O)CCCCCCC=CCCCCCCCC. The van der Waals surface area contributed by atoms with E-state index in [1.807, 2.05) is 0 Å². The Balaban J connectivity index is 2.43. The Hall–Kier alpha value is -1.41. The van der Waals surface area contributed by atoms with Crippen molar-refractivity contribution in [2.75, 3.05) is 13.2 Å². The summed E-state index contributed by atoms with van der Waals surface area (Å²) in [4.78, 5) is 13.1. The number of unbranched alkanes of at least 4 members (excludes halogenated alkanes) is 24. The van der Waals surface area contributed by atoms with Crippen molar-refractivity contribution in [3.05, 3.63) is 24.3 Å². The van der Waals surface area contributed by atoms with E-state index in [1.54, 1.807) is 0 Å². The third-order valence-corrected chi connectivity index (χ3v) is 11.7. The van der Waals surface area contributed by atoms with Crippen LogP contribution in [0.15, 0.2) is 24.3 Å². The van der Waals surface area contributed by atoms with Gasteiger partial charge in [0.15, 0.2) is 6.29 Å². The highest BCUT2D eigenvalue weighted by Gasteiger charge is 2.44. The molecule has 1 aliphatic rings. The standard InChI is InChI=1S/C48H91NO10/c1-3-5-7-9-11-13-15-17-19-20-21-22-24-26-28-30-32-34-36-41(52)47(57)49-39(38-58-48-46(56)45(55)44(54)42(37-50)59-48)43(53)40(51)35-33-31-29-27-25-23-18-16-14-12-10-8-6-4-2/h13,15,18,23,39-46,48,50-56H,3-12,14,16-17,19-22,24-38H2,1-2H3,(H,49,57). The smallest absolute Gasteiger partial charge is 0.249 e. The minimum Gasteiger partial charge on any atom is -0.394 e. The van der Waals surface area contributed by atoms with E-state index in [1.165, 1.54) is 116 Å². The topological polar surface area (TPSA) is 189 Å². The molecule has 0 aromatic rings. The molecular weight excluding hydrogens is 751 g/mol. The first-order chi connectivity index (χ1) is 28.7. The summed E-state index contributed by atoms with van der Waals surface area (Å²) in [6, 6.07) is -1.17. The van der Waals surface area contributed by atoms with Crippen molar-refractivity contribution in [2.45, 2.75) is 262 Å². The van der Waals surface area contributed by atoms with Gasteiger partial charge >= 0.3 is 0 Å². The molecule has 348 valence electrons. The molecule has 1 saturated heterocycles. The van der Waals surface area contributed by atoms with Crippen LogP contribution < -0.4 is 5.32 Å². The number of aliphatic hydroxyl groups excluding tert-OH is 7. The lowest BCUT2D eigenvalue weighted by atomic mass is 9.98. The Morgan fingerprint density at radius 1 is 0.576 bits per heavy atom. The normalized spacial score (nSPS) is 21.9. The summed E-state index contributed by atoms with van der Waals surface area (Å²) in [7, 11) is 0. The van der Waals surface area contributed by atoms with Crippen LogP contribution >= 0.6 is 0 Å². The van der Waals surface area contributed by atoms with Crippen molar-refractivity contribution in [3.8, 4) is 0 Å². The van der Waals surface area contributed by atoms with Gasteiger partial charge < -0.3 is 50.5 Å². The summed E-state index contributed by atoms with van der Waals surface area (Å²) in [6.45, 7) is 3.41. The van der Waals surface area contributed by atoms with Crippen LogP contribution in [0.1, 0.15) is 206 Å². The van der Waals surface area contributed by atoms with Gasteiger partial charge in [-0.2, -0.15) is 0 Å². The zero-order chi connectivity index (χ0) is 43.4. The predicted molar refractivity (Wildman–Crippen MR) is 238 cm³/mol. The fraction of sp³-hybridized carbons (Fsp3) is 0.896. The summed E-state index contributed by atoms with van der Waals surface area (Å²) in [5, 5.41) is 75.7. The molecule has 9 unspecified atom stereocenters. The molecular formula is C48H91NO10. The van der Waals surface area contributed by atoms with Gasteiger partial charge in [0.05, 0.1) is 25.4 Å². The number of aliphatic hydroxyl groups is 7. The number of hydrogen-bond donors (Lipinski definition) is 8. The summed E-state index contributed by atoms with van der Waals surface area (Å²) in [5.74, 6) is -0.703. The molecule has 0 spiro atoms. The van der Waals surface area contributed by atoms with Crippen molar-refractivity contribution in [2.24, 2.45) is 0 Å². The van der Waals surface area contributed by atoms with E-state index in [0.717, 1.165) is 51.4 Å². The van der Waals surface area contributed by atoms with Crippen LogP contribution in [0.5, 0.6) is 0 Å². The molecule has 1 amide bonds. The summed E-state index contributed by atoms with van der Waals surface area (Å²) in [5.41, 5.74) is 0. The van der Waals surface area contributed by atoms with Gasteiger partial charge in [-0.1, -0.05) is 167 Å². The van der Waals surface area contributed by atoms with Gasteiger partial charge in [-0.15, -0.1) is 0 Å². The molecule has 59 heavy (non-hydrogen) atoms. The number of carbonyl (C=O) groups excluding carboxylic acids is 1. The van der Waals surface area contributed by atoms with Crippen molar-refractivity contribution >= 4 is 5.91 Å². The predicted octanol–water partition coefficient (Wildman–Crippen LogP) is 8.23. The Labute approximate surface area is 359 Å². The van der Waals surface area contributed by atoms with Crippen molar-refractivity contribution in [1.82, 2.24) is 5.32 Å². The summed E-state index contributed by atoms with van der Waals surface area (Å²) >= 11 is 0. The van der Waals surface area contributed by atoms with Crippen LogP contribution in [0.2, 0.25) is 0 Å². The molecule has 1 fully saturated rings. The maximum Gasteiger partial charge on any atom is 0.249 e. The zero-order valence-electron chi connectivity index (χ0n) is 37.5. The lowest BCUT2D eigenvalue weighted by molar-refractivity contribution is -0.303. The van der Waals surface area contributed by atoms with E-state index in [2.05, 4.69) is 43.5 Å². The van der Waals surface area contributed by atoms with Crippen molar-refractivity contribution in [3.63, 3.8) is 0 Å². The molecule has 0 radical (unpaired) electrons. The number of nitrogens with one attached hydrogen (secondary N) is 1. The van der Waals surface area contributed by atoms with Crippen molar-refractivity contribution < 1.29 is 50.0 Å². The summed E-state index contributed by atoms with van der Waals surface area (Å²) in [6.07, 6.45) is 30.7. The molecule has 0 saturated carbocycles. The van der Waals surface area contributed by atoms with Gasteiger partial charge in [-0.05, 0) is 64.2 Å². The number of allylic oxidation sites excluding steroid dienone is 4. The first-order valence-corrected chi connectivity index (χ1v) is 24.2. The number of amides is 1. The minimum atomic E-state index is -1.66. The fourth-order valence-electron chi connectivity index (χ4n) is 7.66. The van der Waals surface area contributed by atoms with E-state index < -0.39 is 74.2 Å². The van der Waals surface area contributed by atoms with E-state index in [-0.39, 0.29) is 6.42 Å². The average molecular weight is 842 g/mol. The van der Waals surface area contributed by atoms with Gasteiger partial charge in [0.25, 0.3) is 0 Å². The monoisotopic (exact) mass is 842 g/mol. The number of hydrogen-bond acceptors (Lipinski definition) is 10. The Morgan fingerprint density at radius 2 is 0.983 bits per heavy atom. The molecule has 9 atom stereocenters. The lowest BCUT2D eigenvalue weighted by Gasteiger charge is -2.40. The molecule has 1 rings (SSSR count). The molecule has 0 aromatic carbocycles. The minimum absolute atomic E-state index is 0.256. The molecule has 11 heteroatoms. The van der Waals surface area contributed by atoms with E-state index in [9.17, 15) is 40.5 Å². The maximum atomic E-state index is 13.1. The van der Waals surface area contributed by atoms with Gasteiger partial charge in [0, 0.05) is 0 Å². The quantitative estimate of drug-likeness (QED) is 0.0221.